The molecule has 2 bridgehead atoms. The van der Waals surface area contributed by atoms with Crippen LogP contribution in [0.2, 0.25) is 0 Å². The second-order valence-electron chi connectivity index (χ2n) is 7.35. The lowest BCUT2D eigenvalue weighted by Crippen LogP contribution is -2.47. The van der Waals surface area contributed by atoms with E-state index in [1.165, 1.54) is 0 Å². The van der Waals surface area contributed by atoms with E-state index in [1.54, 1.807) is 6.08 Å². The van der Waals surface area contributed by atoms with Crippen molar-refractivity contribution in [3.63, 3.8) is 0 Å². The number of hydrogen-bond donors (Lipinski definition) is 1. The number of allylic oxidation sites excluding steroid dienone is 2. The smallest absolute Gasteiger partial charge is 0.158 e. The van der Waals surface area contributed by atoms with Gasteiger partial charge in [-0.3, -0.25) is 4.79 Å². The number of carbonyl (C=O) groups is 1. The molecule has 5 unspecified atom stereocenters. The number of fused-ring (bicyclic) bond motifs is 1. The van der Waals surface area contributed by atoms with Gasteiger partial charge in [0.25, 0.3) is 0 Å². The molecule has 0 radical (unpaired) electrons. The summed E-state index contributed by atoms with van der Waals surface area (Å²) in [4.78, 5) is 12.0. The van der Waals surface area contributed by atoms with Crippen LogP contribution in [-0.4, -0.2) is 16.5 Å². The lowest BCUT2D eigenvalue weighted by molar-refractivity contribution is -0.124. The highest BCUT2D eigenvalue weighted by atomic mass is 16.3. The first-order chi connectivity index (χ1) is 8.28. The van der Waals surface area contributed by atoms with E-state index in [4.69, 9.17) is 0 Å². The lowest BCUT2D eigenvalue weighted by Gasteiger charge is -2.50. The van der Waals surface area contributed by atoms with Crippen LogP contribution in [0.5, 0.6) is 0 Å². The molecule has 2 nitrogen and oxygen atoms in total. The summed E-state index contributed by atoms with van der Waals surface area (Å²) in [5, 5.41) is 10.7. The van der Waals surface area contributed by atoms with Gasteiger partial charge < -0.3 is 5.11 Å². The molecule has 0 aromatic rings. The highest BCUT2D eigenvalue weighted by Gasteiger charge is 2.63. The SMILES string of the molecule is CC1C2[C@H](C)C(=O)C=CC23CC([C@@H]1C)C(C)(O)C3. The van der Waals surface area contributed by atoms with Gasteiger partial charge in [0.05, 0.1) is 5.60 Å². The topological polar surface area (TPSA) is 37.3 Å². The third kappa shape index (κ3) is 1.36. The number of carbonyl (C=O) groups excluding carboxylic acids is 1. The molecular formula is C16H24O2. The first kappa shape index (κ1) is 12.4. The summed E-state index contributed by atoms with van der Waals surface area (Å²) < 4.78 is 0. The monoisotopic (exact) mass is 248 g/mol. The molecule has 0 aliphatic heterocycles. The van der Waals surface area contributed by atoms with E-state index in [9.17, 15) is 9.90 Å². The highest BCUT2D eigenvalue weighted by molar-refractivity contribution is 5.93. The van der Waals surface area contributed by atoms with Crippen LogP contribution in [0.3, 0.4) is 0 Å². The van der Waals surface area contributed by atoms with E-state index in [2.05, 4.69) is 26.8 Å². The van der Waals surface area contributed by atoms with E-state index in [0.29, 0.717) is 23.7 Å². The molecule has 2 fully saturated rings. The molecule has 0 amide bonds. The van der Waals surface area contributed by atoms with Gasteiger partial charge in [-0.2, -0.15) is 0 Å². The van der Waals surface area contributed by atoms with Crippen LogP contribution in [0.15, 0.2) is 12.2 Å². The zero-order valence-corrected chi connectivity index (χ0v) is 11.8. The number of hydrogen-bond acceptors (Lipinski definition) is 2. The van der Waals surface area contributed by atoms with Crippen molar-refractivity contribution in [2.75, 3.05) is 0 Å². The number of ketones is 1. The van der Waals surface area contributed by atoms with Crippen molar-refractivity contribution in [2.45, 2.75) is 46.1 Å². The summed E-state index contributed by atoms with van der Waals surface area (Å²) >= 11 is 0. The minimum atomic E-state index is -0.563. The summed E-state index contributed by atoms with van der Waals surface area (Å²) in [6.45, 7) is 8.61. The van der Waals surface area contributed by atoms with Gasteiger partial charge >= 0.3 is 0 Å². The average molecular weight is 248 g/mol. The Morgan fingerprint density at radius 1 is 1.28 bits per heavy atom. The molecule has 0 aromatic carbocycles. The Balaban J connectivity index is 2.12. The maximum atomic E-state index is 12.0. The van der Waals surface area contributed by atoms with E-state index in [1.807, 2.05) is 6.92 Å². The third-order valence-electron chi connectivity index (χ3n) is 6.35. The molecule has 2 heteroatoms. The van der Waals surface area contributed by atoms with E-state index in [-0.39, 0.29) is 17.1 Å². The maximum Gasteiger partial charge on any atom is 0.158 e. The highest BCUT2D eigenvalue weighted by Crippen LogP contribution is 2.65. The average Bonchev–Trinajstić information content (AvgIpc) is 2.52. The second kappa shape index (κ2) is 3.47. The van der Waals surface area contributed by atoms with Crippen LogP contribution < -0.4 is 0 Å². The molecule has 3 rings (SSSR count). The fraction of sp³-hybridized carbons (Fsp3) is 0.812. The molecule has 18 heavy (non-hydrogen) atoms. The van der Waals surface area contributed by atoms with Crippen molar-refractivity contribution < 1.29 is 9.90 Å². The zero-order chi connectivity index (χ0) is 13.3. The summed E-state index contributed by atoms with van der Waals surface area (Å²) in [5.41, 5.74) is -0.486. The van der Waals surface area contributed by atoms with E-state index < -0.39 is 5.60 Å². The normalized spacial score (nSPS) is 58.7. The Hall–Kier alpha value is -0.630. The van der Waals surface area contributed by atoms with Gasteiger partial charge in [-0.15, -0.1) is 0 Å². The van der Waals surface area contributed by atoms with Crippen molar-refractivity contribution in [3.8, 4) is 0 Å². The standard InChI is InChI=1S/C16H24O2/c1-9-10(2)14-11(3)13(17)5-6-16(14)7-12(9)15(4,18)8-16/h5-6,9-12,14,18H,7-8H2,1-4H3/t9-,10?,11-,12?,14?,15?,16?/m1/s1. The van der Waals surface area contributed by atoms with E-state index >= 15 is 0 Å². The molecule has 0 saturated heterocycles. The Morgan fingerprint density at radius 2 is 1.94 bits per heavy atom. The van der Waals surface area contributed by atoms with Gasteiger partial charge in [-0.25, -0.2) is 0 Å². The molecule has 0 aromatic heterocycles. The van der Waals surface area contributed by atoms with Gasteiger partial charge in [0.2, 0.25) is 0 Å². The zero-order valence-electron chi connectivity index (χ0n) is 11.8. The van der Waals surface area contributed by atoms with Crippen LogP contribution in [0.4, 0.5) is 0 Å². The molecule has 0 heterocycles. The van der Waals surface area contributed by atoms with Gasteiger partial charge in [-0.1, -0.05) is 26.8 Å². The summed E-state index contributed by atoms with van der Waals surface area (Å²) in [5.74, 6) is 2.20. The quantitative estimate of drug-likeness (QED) is 0.715. The molecule has 1 N–H and O–H groups in total. The molecule has 7 atom stereocenters. The maximum absolute atomic E-state index is 12.0. The fourth-order valence-electron chi connectivity index (χ4n) is 5.49. The summed E-state index contributed by atoms with van der Waals surface area (Å²) in [7, 11) is 0. The number of aliphatic hydroxyl groups is 1. The molecular weight excluding hydrogens is 224 g/mol. The van der Waals surface area contributed by atoms with Gasteiger partial charge in [0.15, 0.2) is 5.78 Å². The number of rotatable bonds is 0. The van der Waals surface area contributed by atoms with Gasteiger partial charge in [0.1, 0.15) is 0 Å². The Morgan fingerprint density at radius 3 is 2.61 bits per heavy atom. The predicted octanol–water partition coefficient (Wildman–Crippen LogP) is 2.81. The minimum Gasteiger partial charge on any atom is -0.390 e. The molecule has 1 spiro atoms. The van der Waals surface area contributed by atoms with Crippen molar-refractivity contribution >= 4 is 5.78 Å². The fourth-order valence-corrected chi connectivity index (χ4v) is 5.49. The van der Waals surface area contributed by atoms with Crippen LogP contribution in [0, 0.1) is 35.0 Å². The largest absolute Gasteiger partial charge is 0.390 e. The molecule has 2 saturated carbocycles. The van der Waals surface area contributed by atoms with Crippen LogP contribution in [-0.2, 0) is 4.79 Å². The summed E-state index contributed by atoms with van der Waals surface area (Å²) in [6.07, 6.45) is 5.81. The van der Waals surface area contributed by atoms with Crippen LogP contribution in [0.25, 0.3) is 0 Å². The van der Waals surface area contributed by atoms with Crippen molar-refractivity contribution in [1.82, 2.24) is 0 Å². The summed E-state index contributed by atoms with van der Waals surface area (Å²) in [6, 6.07) is 0. The minimum absolute atomic E-state index is 0.0768. The van der Waals surface area contributed by atoms with Gasteiger partial charge in [-0.05, 0) is 54.9 Å². The molecule has 3 aliphatic carbocycles. The van der Waals surface area contributed by atoms with Crippen molar-refractivity contribution in [3.05, 3.63) is 12.2 Å². The predicted molar refractivity (Wildman–Crippen MR) is 70.9 cm³/mol. The Bertz CT molecular complexity index is 423. The molecule has 3 aliphatic rings. The van der Waals surface area contributed by atoms with Crippen LogP contribution in [0.1, 0.15) is 40.5 Å². The van der Waals surface area contributed by atoms with Gasteiger partial charge in [0, 0.05) is 5.92 Å². The first-order valence-corrected chi connectivity index (χ1v) is 7.24. The molecule has 100 valence electrons. The van der Waals surface area contributed by atoms with Crippen molar-refractivity contribution in [2.24, 2.45) is 35.0 Å². The Labute approximate surface area is 109 Å². The van der Waals surface area contributed by atoms with Crippen molar-refractivity contribution in [1.29, 1.82) is 0 Å². The third-order valence-corrected chi connectivity index (χ3v) is 6.35. The van der Waals surface area contributed by atoms with Crippen LogP contribution >= 0.6 is 0 Å². The van der Waals surface area contributed by atoms with E-state index in [0.717, 1.165) is 12.8 Å². The second-order valence-corrected chi connectivity index (χ2v) is 7.35. The Kier molecular flexibility index (Phi) is 2.39. The first-order valence-electron chi connectivity index (χ1n) is 7.24. The lowest BCUT2D eigenvalue weighted by atomic mass is 9.53.